The molecule has 112 valence electrons. The Morgan fingerprint density at radius 1 is 1.19 bits per heavy atom. The van der Waals surface area contributed by atoms with Gasteiger partial charge < -0.3 is 10.8 Å². The number of nitrogen functional groups attached to an aromatic ring is 1. The van der Waals surface area contributed by atoms with Crippen LogP contribution in [0.1, 0.15) is 11.6 Å². The first-order chi connectivity index (χ1) is 9.94. The smallest absolute Gasteiger partial charge is 0.241 e. The third-order valence-electron chi connectivity index (χ3n) is 2.96. The molecule has 21 heavy (non-hydrogen) atoms. The van der Waals surface area contributed by atoms with Crippen molar-refractivity contribution in [2.75, 3.05) is 12.3 Å². The molecule has 0 saturated carbocycles. The van der Waals surface area contributed by atoms with E-state index < -0.39 is 16.1 Å². The fourth-order valence-electron chi connectivity index (χ4n) is 1.83. The van der Waals surface area contributed by atoms with E-state index in [1.165, 1.54) is 18.2 Å². The van der Waals surface area contributed by atoms with Crippen molar-refractivity contribution >= 4 is 31.6 Å². The maximum Gasteiger partial charge on any atom is 0.241 e. The summed E-state index contributed by atoms with van der Waals surface area (Å²) in [6, 6.07) is 12.5. The summed E-state index contributed by atoms with van der Waals surface area (Å²) in [4.78, 5) is 0.0814. The number of benzene rings is 2. The Morgan fingerprint density at radius 3 is 2.43 bits per heavy atom. The minimum Gasteiger partial charge on any atom is -0.398 e. The second-order valence-electron chi connectivity index (χ2n) is 4.45. The number of anilines is 1. The second kappa shape index (κ2) is 6.57. The Morgan fingerprint density at radius 2 is 1.86 bits per heavy atom. The summed E-state index contributed by atoms with van der Waals surface area (Å²) in [6.07, 6.45) is 0. The van der Waals surface area contributed by atoms with Crippen molar-refractivity contribution in [3.63, 3.8) is 0 Å². The highest BCUT2D eigenvalue weighted by Crippen LogP contribution is 2.24. The minimum atomic E-state index is -3.75. The molecule has 2 aromatic carbocycles. The summed E-state index contributed by atoms with van der Waals surface area (Å²) in [6.45, 7) is -0.334. The van der Waals surface area contributed by atoms with E-state index in [0.29, 0.717) is 15.7 Å². The van der Waals surface area contributed by atoms with E-state index in [1.807, 2.05) is 6.07 Å². The summed E-state index contributed by atoms with van der Waals surface area (Å²) < 4.78 is 27.7. The molecule has 0 aliphatic carbocycles. The molecule has 0 aliphatic heterocycles. The topological polar surface area (TPSA) is 92.4 Å². The van der Waals surface area contributed by atoms with Gasteiger partial charge in [-0.05, 0) is 39.7 Å². The summed E-state index contributed by atoms with van der Waals surface area (Å²) >= 11 is 3.20. The molecule has 1 atom stereocenters. The van der Waals surface area contributed by atoms with Gasteiger partial charge in [-0.3, -0.25) is 0 Å². The number of halogens is 1. The first-order valence-corrected chi connectivity index (χ1v) is 8.45. The monoisotopic (exact) mass is 370 g/mol. The Kier molecular flexibility index (Phi) is 5.00. The molecular formula is C14H15BrN2O3S. The van der Waals surface area contributed by atoms with E-state index >= 15 is 0 Å². The van der Waals surface area contributed by atoms with E-state index in [4.69, 9.17) is 5.73 Å². The van der Waals surface area contributed by atoms with Crippen LogP contribution in [-0.4, -0.2) is 20.1 Å². The molecule has 0 amide bonds. The number of rotatable bonds is 5. The van der Waals surface area contributed by atoms with Crippen molar-refractivity contribution < 1.29 is 13.5 Å². The molecule has 0 aliphatic rings. The number of aliphatic hydroxyl groups is 1. The number of nitrogens with two attached hydrogens (primary N) is 1. The lowest BCUT2D eigenvalue weighted by Gasteiger charge is -2.17. The van der Waals surface area contributed by atoms with Crippen LogP contribution in [0.25, 0.3) is 0 Å². The van der Waals surface area contributed by atoms with Crippen LogP contribution in [-0.2, 0) is 10.0 Å². The highest BCUT2D eigenvalue weighted by atomic mass is 79.9. The van der Waals surface area contributed by atoms with Gasteiger partial charge in [-0.15, -0.1) is 0 Å². The molecule has 4 N–H and O–H groups in total. The minimum absolute atomic E-state index is 0.0814. The molecule has 1 unspecified atom stereocenters. The van der Waals surface area contributed by atoms with Gasteiger partial charge in [0.25, 0.3) is 0 Å². The van der Waals surface area contributed by atoms with Crippen molar-refractivity contribution in [2.45, 2.75) is 10.9 Å². The van der Waals surface area contributed by atoms with Gasteiger partial charge in [-0.1, -0.05) is 30.3 Å². The van der Waals surface area contributed by atoms with E-state index in [-0.39, 0.29) is 11.5 Å². The number of sulfonamides is 1. The quantitative estimate of drug-likeness (QED) is 0.702. The lowest BCUT2D eigenvalue weighted by atomic mass is 10.1. The zero-order valence-electron chi connectivity index (χ0n) is 11.0. The lowest BCUT2D eigenvalue weighted by Crippen LogP contribution is -2.30. The summed E-state index contributed by atoms with van der Waals surface area (Å²) in [5.41, 5.74) is 6.80. The Hall–Kier alpha value is -1.41. The van der Waals surface area contributed by atoms with Crippen LogP contribution in [0.15, 0.2) is 57.9 Å². The molecule has 0 aromatic heterocycles. The molecule has 0 saturated heterocycles. The molecule has 0 fully saturated rings. The van der Waals surface area contributed by atoms with Gasteiger partial charge in [0.15, 0.2) is 0 Å². The standard InChI is InChI=1S/C14H15BrN2O3S/c15-12-8-11(6-7-13(12)16)21(19,20)17-14(9-18)10-4-2-1-3-5-10/h1-8,14,17-18H,9,16H2. The number of hydrogen-bond acceptors (Lipinski definition) is 4. The van der Waals surface area contributed by atoms with Crippen LogP contribution in [0.3, 0.4) is 0 Å². The van der Waals surface area contributed by atoms with Crippen molar-refractivity contribution in [1.29, 1.82) is 0 Å². The maximum absolute atomic E-state index is 12.4. The molecule has 0 bridgehead atoms. The third-order valence-corrected chi connectivity index (χ3v) is 5.12. The zero-order chi connectivity index (χ0) is 15.5. The molecule has 5 nitrogen and oxygen atoms in total. The first-order valence-electron chi connectivity index (χ1n) is 6.17. The van der Waals surface area contributed by atoms with Crippen molar-refractivity contribution in [2.24, 2.45) is 0 Å². The van der Waals surface area contributed by atoms with Crippen LogP contribution in [0, 0.1) is 0 Å². The lowest BCUT2D eigenvalue weighted by molar-refractivity contribution is 0.259. The highest BCUT2D eigenvalue weighted by Gasteiger charge is 2.21. The van der Waals surface area contributed by atoms with Crippen LogP contribution in [0.5, 0.6) is 0 Å². The number of hydrogen-bond donors (Lipinski definition) is 3. The Labute approximate surface area is 132 Å². The van der Waals surface area contributed by atoms with Crippen LogP contribution in [0.2, 0.25) is 0 Å². The molecular weight excluding hydrogens is 356 g/mol. The van der Waals surface area contributed by atoms with Crippen molar-refractivity contribution in [3.05, 3.63) is 58.6 Å². The zero-order valence-corrected chi connectivity index (χ0v) is 13.4. The van der Waals surface area contributed by atoms with Crippen molar-refractivity contribution in [1.82, 2.24) is 4.72 Å². The van der Waals surface area contributed by atoms with Gasteiger partial charge >= 0.3 is 0 Å². The largest absolute Gasteiger partial charge is 0.398 e. The number of nitrogens with one attached hydrogen (secondary N) is 1. The Balaban J connectivity index is 2.29. The van der Waals surface area contributed by atoms with E-state index in [1.54, 1.807) is 24.3 Å². The Bertz CT molecular complexity index is 720. The predicted octanol–water partition coefficient (Wildman–Crippen LogP) is 2.04. The normalized spacial score (nSPS) is 13.0. The third kappa shape index (κ3) is 3.82. The van der Waals surface area contributed by atoms with Gasteiger partial charge in [0, 0.05) is 10.2 Å². The van der Waals surface area contributed by atoms with Gasteiger partial charge in [-0.2, -0.15) is 0 Å². The molecule has 2 aromatic rings. The van der Waals surface area contributed by atoms with Gasteiger partial charge in [0.2, 0.25) is 10.0 Å². The van der Waals surface area contributed by atoms with E-state index in [9.17, 15) is 13.5 Å². The molecule has 7 heteroatoms. The second-order valence-corrected chi connectivity index (χ2v) is 7.02. The summed E-state index contributed by atoms with van der Waals surface area (Å²) in [5.74, 6) is 0. The summed E-state index contributed by atoms with van der Waals surface area (Å²) in [5, 5.41) is 9.43. The summed E-state index contributed by atoms with van der Waals surface area (Å²) in [7, 11) is -3.75. The van der Waals surface area contributed by atoms with Crippen molar-refractivity contribution in [3.8, 4) is 0 Å². The molecule has 0 heterocycles. The fourth-order valence-corrected chi connectivity index (χ4v) is 3.60. The van der Waals surface area contributed by atoms with Gasteiger partial charge in [-0.25, -0.2) is 13.1 Å². The fraction of sp³-hybridized carbons (Fsp3) is 0.143. The van der Waals surface area contributed by atoms with E-state index in [2.05, 4.69) is 20.7 Å². The average molecular weight is 371 g/mol. The van der Waals surface area contributed by atoms with Crippen LogP contribution < -0.4 is 10.5 Å². The average Bonchev–Trinajstić information content (AvgIpc) is 2.48. The molecule has 2 rings (SSSR count). The van der Waals surface area contributed by atoms with Crippen LogP contribution >= 0.6 is 15.9 Å². The highest BCUT2D eigenvalue weighted by molar-refractivity contribution is 9.10. The SMILES string of the molecule is Nc1ccc(S(=O)(=O)NC(CO)c2ccccc2)cc1Br. The van der Waals surface area contributed by atoms with Crippen LogP contribution in [0.4, 0.5) is 5.69 Å². The first kappa shape index (κ1) is 16.0. The predicted molar refractivity (Wildman–Crippen MR) is 85.1 cm³/mol. The molecule has 0 spiro atoms. The number of aliphatic hydroxyl groups excluding tert-OH is 1. The van der Waals surface area contributed by atoms with Gasteiger partial charge in [0.1, 0.15) is 0 Å². The van der Waals surface area contributed by atoms with Gasteiger partial charge in [0.05, 0.1) is 17.5 Å². The molecule has 0 radical (unpaired) electrons. The maximum atomic E-state index is 12.4. The van der Waals surface area contributed by atoms with E-state index in [0.717, 1.165) is 0 Å².